The number of aromatic nitrogens is 2. The Morgan fingerprint density at radius 1 is 1.38 bits per heavy atom. The molecule has 1 heterocycles. The number of hydrogen-bond acceptors (Lipinski definition) is 2. The summed E-state index contributed by atoms with van der Waals surface area (Å²) in [5, 5.41) is 0. The van der Waals surface area contributed by atoms with Gasteiger partial charge in [-0.15, -0.1) is 0 Å². The van der Waals surface area contributed by atoms with Gasteiger partial charge in [0.2, 0.25) is 0 Å². The van der Waals surface area contributed by atoms with E-state index in [-0.39, 0.29) is 11.3 Å². The highest BCUT2D eigenvalue weighted by atomic mass is 19.1. The number of hydrogen-bond donors (Lipinski definition) is 1. The number of nitrogens with zero attached hydrogens (tertiary/aromatic N) is 1. The lowest BCUT2D eigenvalue weighted by atomic mass is 9.86. The molecule has 0 aliphatic rings. The molecule has 0 aliphatic heterocycles. The van der Waals surface area contributed by atoms with Gasteiger partial charge in [0.05, 0.1) is 11.8 Å². The number of Topliss-reactive ketones (excluding diaryl/α,β-unsaturated/α-hetero) is 1. The van der Waals surface area contributed by atoms with Crippen molar-refractivity contribution in [2.75, 3.05) is 0 Å². The second-order valence-electron chi connectivity index (χ2n) is 4.84. The summed E-state index contributed by atoms with van der Waals surface area (Å²) in [6, 6.07) is 2.88. The van der Waals surface area contributed by atoms with Gasteiger partial charge in [-0.3, -0.25) is 4.79 Å². The molecule has 4 heteroatoms. The Kier molecular flexibility index (Phi) is 2.30. The molecular weight excluding hydrogens is 207 g/mol. The number of ketones is 1. The maximum absolute atomic E-state index is 13.6. The number of nitrogens with one attached hydrogen (secondary N) is 1. The molecule has 84 valence electrons. The number of carbonyl (C=O) groups excluding carboxylic acids is 1. The third-order valence-corrected chi connectivity index (χ3v) is 2.42. The Balaban J connectivity index is 2.58. The molecule has 1 aromatic heterocycles. The Labute approximate surface area is 92.7 Å². The second kappa shape index (κ2) is 3.40. The number of rotatable bonds is 1. The molecule has 2 rings (SSSR count). The monoisotopic (exact) mass is 220 g/mol. The van der Waals surface area contributed by atoms with Crippen molar-refractivity contribution < 1.29 is 9.18 Å². The van der Waals surface area contributed by atoms with E-state index in [9.17, 15) is 9.18 Å². The fraction of sp³-hybridized carbons (Fsp3) is 0.333. The van der Waals surface area contributed by atoms with Crippen molar-refractivity contribution in [2.24, 2.45) is 5.41 Å². The summed E-state index contributed by atoms with van der Waals surface area (Å²) in [4.78, 5) is 18.6. The predicted molar refractivity (Wildman–Crippen MR) is 59.8 cm³/mol. The minimum Gasteiger partial charge on any atom is -0.344 e. The molecule has 0 saturated heterocycles. The van der Waals surface area contributed by atoms with E-state index in [2.05, 4.69) is 9.97 Å². The fourth-order valence-corrected chi connectivity index (χ4v) is 1.57. The Hall–Kier alpha value is -1.71. The van der Waals surface area contributed by atoms with Crippen LogP contribution in [0.4, 0.5) is 4.39 Å². The Morgan fingerprint density at radius 3 is 2.69 bits per heavy atom. The second-order valence-corrected chi connectivity index (χ2v) is 4.84. The normalized spacial score (nSPS) is 12.0. The van der Waals surface area contributed by atoms with Crippen LogP contribution in [-0.2, 0) is 0 Å². The van der Waals surface area contributed by atoms with Crippen molar-refractivity contribution in [2.45, 2.75) is 20.8 Å². The zero-order valence-corrected chi connectivity index (χ0v) is 9.47. The third-order valence-electron chi connectivity index (χ3n) is 2.42. The zero-order chi connectivity index (χ0) is 11.9. The van der Waals surface area contributed by atoms with E-state index >= 15 is 0 Å². The molecule has 0 aliphatic carbocycles. The van der Waals surface area contributed by atoms with Crippen LogP contribution >= 0.6 is 0 Å². The van der Waals surface area contributed by atoms with Crippen molar-refractivity contribution >= 4 is 16.8 Å². The lowest BCUT2D eigenvalue weighted by molar-refractivity contribution is 0.0858. The highest BCUT2D eigenvalue weighted by molar-refractivity contribution is 6.02. The lowest BCUT2D eigenvalue weighted by Crippen LogP contribution is -2.20. The molecule has 1 aromatic carbocycles. The first-order chi connectivity index (χ1) is 7.39. The van der Waals surface area contributed by atoms with Crippen LogP contribution in [0.5, 0.6) is 0 Å². The smallest absolute Gasteiger partial charge is 0.168 e. The van der Waals surface area contributed by atoms with E-state index in [4.69, 9.17) is 0 Å². The van der Waals surface area contributed by atoms with Gasteiger partial charge in [0.15, 0.2) is 11.6 Å². The van der Waals surface area contributed by atoms with Gasteiger partial charge in [0.25, 0.3) is 0 Å². The van der Waals surface area contributed by atoms with Gasteiger partial charge < -0.3 is 4.98 Å². The summed E-state index contributed by atoms with van der Waals surface area (Å²) in [5.41, 5.74) is 0.681. The van der Waals surface area contributed by atoms with Crippen LogP contribution in [0.3, 0.4) is 0 Å². The predicted octanol–water partition coefficient (Wildman–Crippen LogP) is 2.93. The molecule has 3 nitrogen and oxygen atoms in total. The number of benzene rings is 1. The van der Waals surface area contributed by atoms with Crippen LogP contribution in [-0.4, -0.2) is 15.8 Å². The van der Waals surface area contributed by atoms with E-state index < -0.39 is 11.2 Å². The first-order valence-electron chi connectivity index (χ1n) is 5.07. The molecule has 0 radical (unpaired) electrons. The van der Waals surface area contributed by atoms with Crippen molar-refractivity contribution in [3.05, 3.63) is 29.8 Å². The average molecular weight is 220 g/mol. The Bertz CT molecular complexity index is 552. The van der Waals surface area contributed by atoms with Gasteiger partial charge in [-0.25, -0.2) is 9.37 Å². The first-order valence-corrected chi connectivity index (χ1v) is 5.07. The quantitative estimate of drug-likeness (QED) is 0.751. The molecule has 0 spiro atoms. The molecule has 2 aromatic rings. The van der Waals surface area contributed by atoms with E-state index in [1.165, 1.54) is 12.4 Å². The number of halogens is 1. The molecule has 0 atom stereocenters. The highest BCUT2D eigenvalue weighted by Crippen LogP contribution is 2.24. The minimum absolute atomic E-state index is 0.0806. The number of imidazole rings is 1. The van der Waals surface area contributed by atoms with Gasteiger partial charge in [-0.05, 0) is 12.1 Å². The first kappa shape index (κ1) is 10.8. The molecule has 0 saturated carbocycles. The van der Waals surface area contributed by atoms with Crippen molar-refractivity contribution in [3.8, 4) is 0 Å². The molecule has 1 N–H and O–H groups in total. The number of fused-ring (bicyclic) bond motifs is 1. The summed E-state index contributed by atoms with van der Waals surface area (Å²) in [5.74, 6) is -0.547. The molecule has 0 amide bonds. The average Bonchev–Trinajstić information content (AvgIpc) is 2.63. The van der Waals surface area contributed by atoms with Crippen LogP contribution in [0.15, 0.2) is 18.5 Å². The van der Waals surface area contributed by atoms with E-state index in [1.807, 2.05) is 20.8 Å². The molecule has 0 fully saturated rings. The molecular formula is C12H13FN2O. The van der Waals surface area contributed by atoms with E-state index in [0.717, 1.165) is 0 Å². The number of carbonyl (C=O) groups is 1. The Morgan fingerprint density at radius 2 is 2.06 bits per heavy atom. The number of H-pyrrole nitrogens is 1. The summed E-state index contributed by atoms with van der Waals surface area (Å²) < 4.78 is 13.6. The lowest BCUT2D eigenvalue weighted by Gasteiger charge is -2.16. The summed E-state index contributed by atoms with van der Waals surface area (Å²) in [6.07, 6.45) is 1.42. The topological polar surface area (TPSA) is 45.8 Å². The van der Waals surface area contributed by atoms with Gasteiger partial charge >= 0.3 is 0 Å². The largest absolute Gasteiger partial charge is 0.344 e. The van der Waals surface area contributed by atoms with Gasteiger partial charge in [-0.2, -0.15) is 0 Å². The standard InChI is InChI=1S/C12H13FN2O/c1-12(2,3)11(16)7-4-8(13)10-9(5-7)14-6-15-10/h4-6H,1-3H3,(H,14,15). The zero-order valence-electron chi connectivity index (χ0n) is 9.47. The molecule has 0 unspecified atom stereocenters. The summed E-state index contributed by atoms with van der Waals surface area (Å²) in [7, 11) is 0. The maximum atomic E-state index is 13.6. The summed E-state index contributed by atoms with van der Waals surface area (Å²) >= 11 is 0. The van der Waals surface area contributed by atoms with Gasteiger partial charge in [0.1, 0.15) is 5.52 Å². The fourth-order valence-electron chi connectivity index (χ4n) is 1.57. The van der Waals surface area contributed by atoms with Crippen LogP contribution in [0, 0.1) is 11.2 Å². The van der Waals surface area contributed by atoms with Crippen LogP contribution in [0.2, 0.25) is 0 Å². The maximum Gasteiger partial charge on any atom is 0.168 e. The van der Waals surface area contributed by atoms with Crippen LogP contribution < -0.4 is 0 Å². The van der Waals surface area contributed by atoms with E-state index in [0.29, 0.717) is 11.1 Å². The van der Waals surface area contributed by atoms with Crippen LogP contribution in [0.1, 0.15) is 31.1 Å². The van der Waals surface area contributed by atoms with E-state index in [1.54, 1.807) is 6.07 Å². The van der Waals surface area contributed by atoms with Gasteiger partial charge in [0, 0.05) is 11.0 Å². The minimum atomic E-state index is -0.514. The SMILES string of the molecule is CC(C)(C)C(=O)c1cc(F)c2nc[nH]c2c1. The van der Waals surface area contributed by atoms with Gasteiger partial charge in [-0.1, -0.05) is 20.8 Å². The summed E-state index contributed by atoms with van der Waals surface area (Å²) in [6.45, 7) is 5.43. The van der Waals surface area contributed by atoms with Crippen LogP contribution in [0.25, 0.3) is 11.0 Å². The molecule has 0 bridgehead atoms. The number of aromatic amines is 1. The third kappa shape index (κ3) is 1.71. The van der Waals surface area contributed by atoms with Crippen molar-refractivity contribution in [1.29, 1.82) is 0 Å². The highest BCUT2D eigenvalue weighted by Gasteiger charge is 2.24. The van der Waals surface area contributed by atoms with Crippen molar-refractivity contribution in [1.82, 2.24) is 9.97 Å². The molecule has 16 heavy (non-hydrogen) atoms. The van der Waals surface area contributed by atoms with Crippen molar-refractivity contribution in [3.63, 3.8) is 0 Å².